The lowest BCUT2D eigenvalue weighted by Gasteiger charge is -2.25. The van der Waals surface area contributed by atoms with E-state index < -0.39 is 7.26 Å². The molecule has 0 bridgehead atoms. The van der Waals surface area contributed by atoms with E-state index in [1.54, 1.807) is 0 Å². The maximum atomic E-state index is 9.56. The molecule has 114 valence electrons. The molecular weight excluding hydrogens is 365 g/mol. The van der Waals surface area contributed by atoms with E-state index in [2.05, 4.69) is 78.9 Å². The molecule has 0 aromatic heterocycles. The van der Waals surface area contributed by atoms with E-state index in [-0.39, 0.29) is 17.0 Å². The van der Waals surface area contributed by atoms with Gasteiger partial charge >= 0.3 is 0 Å². The molecule has 0 radical (unpaired) electrons. The zero-order chi connectivity index (χ0) is 15.3. The number of nitriles is 1. The van der Waals surface area contributed by atoms with E-state index in [0.717, 1.165) is 0 Å². The van der Waals surface area contributed by atoms with Crippen molar-refractivity contribution in [1.29, 1.82) is 5.26 Å². The summed E-state index contributed by atoms with van der Waals surface area (Å²) >= 11 is 0. The SMILES string of the molecule is Br.N#CC[P+](c1ccccc1)(c1ccccc1)c1ccccc1. The molecule has 0 saturated heterocycles. The van der Waals surface area contributed by atoms with Crippen molar-refractivity contribution in [3.63, 3.8) is 0 Å². The van der Waals surface area contributed by atoms with Gasteiger partial charge in [0.15, 0.2) is 6.16 Å². The van der Waals surface area contributed by atoms with Crippen LogP contribution in [0.5, 0.6) is 0 Å². The maximum Gasteiger partial charge on any atom is 0.159 e. The van der Waals surface area contributed by atoms with Gasteiger partial charge in [0.25, 0.3) is 0 Å². The minimum Gasteiger partial charge on any atom is -0.194 e. The van der Waals surface area contributed by atoms with Crippen molar-refractivity contribution in [2.75, 3.05) is 6.16 Å². The lowest BCUT2D eigenvalue weighted by atomic mass is 10.4. The smallest absolute Gasteiger partial charge is 0.159 e. The highest BCUT2D eigenvalue weighted by Gasteiger charge is 2.45. The molecular formula is C20H18BrNP+. The molecule has 1 nitrogen and oxygen atoms in total. The van der Waals surface area contributed by atoms with Crippen LogP contribution in [0.3, 0.4) is 0 Å². The van der Waals surface area contributed by atoms with Gasteiger partial charge in [-0.2, -0.15) is 5.26 Å². The highest BCUT2D eigenvalue weighted by Crippen LogP contribution is 2.54. The Morgan fingerprint density at radius 1 is 0.609 bits per heavy atom. The Bertz CT molecular complexity index is 670. The minimum absolute atomic E-state index is 0. The topological polar surface area (TPSA) is 23.8 Å². The molecule has 3 aromatic carbocycles. The first kappa shape index (κ1) is 17.4. The van der Waals surface area contributed by atoms with Crippen LogP contribution in [-0.4, -0.2) is 6.16 Å². The van der Waals surface area contributed by atoms with Crippen molar-refractivity contribution < 1.29 is 0 Å². The molecule has 0 N–H and O–H groups in total. The van der Waals surface area contributed by atoms with Gasteiger partial charge in [0.1, 0.15) is 29.2 Å². The summed E-state index contributed by atoms with van der Waals surface area (Å²) in [5.41, 5.74) is 0. The van der Waals surface area contributed by atoms with E-state index in [0.29, 0.717) is 6.16 Å². The molecule has 0 atom stereocenters. The first-order valence-electron chi connectivity index (χ1n) is 7.30. The van der Waals surface area contributed by atoms with E-state index in [1.165, 1.54) is 15.9 Å². The fourth-order valence-corrected chi connectivity index (χ4v) is 6.57. The number of hydrogen-bond acceptors (Lipinski definition) is 1. The Morgan fingerprint density at radius 3 is 1.17 bits per heavy atom. The molecule has 0 fully saturated rings. The van der Waals surface area contributed by atoms with E-state index >= 15 is 0 Å². The summed E-state index contributed by atoms with van der Waals surface area (Å²) in [5, 5.41) is 13.3. The van der Waals surface area contributed by atoms with Gasteiger partial charge in [-0.05, 0) is 36.4 Å². The molecule has 0 saturated carbocycles. The lowest BCUT2D eigenvalue weighted by molar-refractivity contribution is 1.48. The van der Waals surface area contributed by atoms with Crippen molar-refractivity contribution in [3.8, 4) is 6.07 Å². The average molecular weight is 383 g/mol. The molecule has 0 aliphatic rings. The molecule has 0 unspecified atom stereocenters. The van der Waals surface area contributed by atoms with Crippen molar-refractivity contribution in [2.24, 2.45) is 0 Å². The van der Waals surface area contributed by atoms with Gasteiger partial charge in [-0.1, -0.05) is 54.6 Å². The van der Waals surface area contributed by atoms with Crippen LogP contribution in [0.2, 0.25) is 0 Å². The van der Waals surface area contributed by atoms with E-state index in [1.807, 2.05) is 18.2 Å². The second kappa shape index (κ2) is 8.06. The normalized spacial score (nSPS) is 10.4. The van der Waals surface area contributed by atoms with Gasteiger partial charge in [0.2, 0.25) is 0 Å². The van der Waals surface area contributed by atoms with Gasteiger partial charge in [-0.25, -0.2) is 0 Å². The maximum absolute atomic E-state index is 9.56. The first-order valence-corrected chi connectivity index (χ1v) is 9.27. The van der Waals surface area contributed by atoms with Gasteiger partial charge in [0.05, 0.1) is 0 Å². The molecule has 3 rings (SSSR count). The van der Waals surface area contributed by atoms with Crippen LogP contribution in [0.25, 0.3) is 0 Å². The van der Waals surface area contributed by atoms with E-state index in [9.17, 15) is 5.26 Å². The third kappa shape index (κ3) is 3.37. The Balaban J connectivity index is 0.00000192. The Kier molecular flexibility index (Phi) is 6.11. The average Bonchev–Trinajstić information content (AvgIpc) is 2.62. The lowest BCUT2D eigenvalue weighted by Crippen LogP contribution is -2.32. The highest BCUT2D eigenvalue weighted by molar-refractivity contribution is 8.93. The monoisotopic (exact) mass is 382 g/mol. The van der Waals surface area contributed by atoms with Crippen LogP contribution in [0.4, 0.5) is 0 Å². The number of halogens is 1. The number of nitrogens with zero attached hydrogens (tertiary/aromatic N) is 1. The predicted octanol–water partition coefficient (Wildman–Crippen LogP) is 4.08. The van der Waals surface area contributed by atoms with Gasteiger partial charge < -0.3 is 0 Å². The molecule has 3 aromatic rings. The number of rotatable bonds is 4. The molecule has 3 heteroatoms. The second-order valence-corrected chi connectivity index (χ2v) is 8.62. The Morgan fingerprint density at radius 2 is 0.913 bits per heavy atom. The molecule has 0 aliphatic carbocycles. The van der Waals surface area contributed by atoms with Gasteiger partial charge in [-0.15, -0.1) is 17.0 Å². The van der Waals surface area contributed by atoms with Crippen molar-refractivity contribution in [1.82, 2.24) is 0 Å². The molecule has 23 heavy (non-hydrogen) atoms. The summed E-state index contributed by atoms with van der Waals surface area (Å²) < 4.78 is 0. The fourth-order valence-electron chi connectivity index (χ4n) is 2.87. The summed E-state index contributed by atoms with van der Waals surface area (Å²) in [4.78, 5) is 0. The molecule has 0 spiro atoms. The summed E-state index contributed by atoms with van der Waals surface area (Å²) in [7, 11) is -1.91. The van der Waals surface area contributed by atoms with Crippen LogP contribution in [-0.2, 0) is 0 Å². The largest absolute Gasteiger partial charge is 0.194 e. The Hall–Kier alpha value is -1.94. The van der Waals surface area contributed by atoms with Crippen LogP contribution in [0.1, 0.15) is 0 Å². The van der Waals surface area contributed by atoms with Crippen LogP contribution in [0.15, 0.2) is 91.0 Å². The van der Waals surface area contributed by atoms with Crippen molar-refractivity contribution >= 4 is 40.2 Å². The zero-order valence-electron chi connectivity index (χ0n) is 12.7. The summed E-state index contributed by atoms with van der Waals surface area (Å²) in [6, 6.07) is 33.9. The first-order chi connectivity index (χ1) is 10.9. The van der Waals surface area contributed by atoms with Gasteiger partial charge in [-0.3, -0.25) is 0 Å². The highest BCUT2D eigenvalue weighted by atomic mass is 79.9. The zero-order valence-corrected chi connectivity index (χ0v) is 15.3. The summed E-state index contributed by atoms with van der Waals surface area (Å²) in [6.45, 7) is 0. The molecule has 0 amide bonds. The number of benzene rings is 3. The minimum atomic E-state index is -1.91. The third-order valence-electron chi connectivity index (χ3n) is 3.90. The molecule has 0 aliphatic heterocycles. The van der Waals surface area contributed by atoms with Crippen LogP contribution >= 0.6 is 24.2 Å². The second-order valence-electron chi connectivity index (χ2n) is 5.13. The Labute approximate surface area is 148 Å². The third-order valence-corrected chi connectivity index (χ3v) is 8.05. The van der Waals surface area contributed by atoms with Gasteiger partial charge in [0, 0.05) is 0 Å². The molecule has 0 heterocycles. The quantitative estimate of drug-likeness (QED) is 0.623. The van der Waals surface area contributed by atoms with Crippen LogP contribution in [0, 0.1) is 11.3 Å². The van der Waals surface area contributed by atoms with Crippen molar-refractivity contribution in [3.05, 3.63) is 91.0 Å². The summed E-state index contributed by atoms with van der Waals surface area (Å²) in [5.74, 6) is 0. The standard InChI is InChI=1S/C20H17NP.BrH/c21-16-17-22(18-10-4-1-5-11-18,19-12-6-2-7-13-19)20-14-8-3-9-15-20;/h1-15H,17H2;1H/q+1;. The fraction of sp³-hybridized carbons (Fsp3) is 0.0500. The summed E-state index contributed by atoms with van der Waals surface area (Å²) in [6.07, 6.45) is 0.519. The van der Waals surface area contributed by atoms with Crippen LogP contribution < -0.4 is 15.9 Å². The predicted molar refractivity (Wildman–Crippen MR) is 106 cm³/mol. The van der Waals surface area contributed by atoms with Crippen molar-refractivity contribution in [2.45, 2.75) is 0 Å². The van der Waals surface area contributed by atoms with E-state index in [4.69, 9.17) is 0 Å². The number of hydrogen-bond donors (Lipinski definition) is 0.